The van der Waals surface area contributed by atoms with Crippen molar-refractivity contribution in [3.63, 3.8) is 0 Å². The minimum atomic E-state index is 0.148. The Morgan fingerprint density at radius 1 is 0.955 bits per heavy atom. The van der Waals surface area contributed by atoms with E-state index in [1.54, 1.807) is 12.1 Å². The molecule has 1 aromatic heterocycles. The van der Waals surface area contributed by atoms with Crippen LogP contribution in [0.5, 0.6) is 11.5 Å². The third-order valence-electron chi connectivity index (χ3n) is 4.25. The lowest BCUT2D eigenvalue weighted by atomic mass is 9.98. The molecule has 4 aromatic rings. The summed E-state index contributed by atoms with van der Waals surface area (Å²) in [7, 11) is 0. The van der Waals surface area contributed by atoms with Crippen molar-refractivity contribution in [3.05, 3.63) is 48.0 Å². The summed E-state index contributed by atoms with van der Waals surface area (Å²) in [5.74, 6) is 1.00. The summed E-state index contributed by atoms with van der Waals surface area (Å²) in [4.78, 5) is 9.33. The molecule has 0 unspecified atom stereocenters. The van der Waals surface area contributed by atoms with Gasteiger partial charge in [-0.2, -0.15) is 0 Å². The molecule has 106 valence electrons. The summed E-state index contributed by atoms with van der Waals surface area (Å²) >= 11 is 0. The van der Waals surface area contributed by atoms with Crippen LogP contribution in [0.3, 0.4) is 0 Å². The normalized spacial score (nSPS) is 13.6. The predicted molar refractivity (Wildman–Crippen MR) is 85.4 cm³/mol. The quantitative estimate of drug-likeness (QED) is 0.397. The number of nitrogens with zero attached hydrogens (tertiary/aromatic N) is 2. The minimum absolute atomic E-state index is 0.148. The van der Waals surface area contributed by atoms with Gasteiger partial charge in [-0.25, -0.2) is 9.97 Å². The zero-order chi connectivity index (χ0) is 14.7. The Labute approximate surface area is 126 Å². The molecular formula is C18H12N2O2. The second-order valence-corrected chi connectivity index (χ2v) is 5.55. The van der Waals surface area contributed by atoms with E-state index in [2.05, 4.69) is 23.2 Å². The molecule has 1 N–H and O–H groups in total. The zero-order valence-electron chi connectivity index (χ0n) is 11.7. The van der Waals surface area contributed by atoms with Gasteiger partial charge in [0.1, 0.15) is 17.0 Å². The Morgan fingerprint density at radius 2 is 1.82 bits per heavy atom. The van der Waals surface area contributed by atoms with Gasteiger partial charge in [0.15, 0.2) is 0 Å². The van der Waals surface area contributed by atoms with Crippen LogP contribution in [0.15, 0.2) is 42.5 Å². The molecule has 4 nitrogen and oxygen atoms in total. The number of phenols is 1. The molecule has 5 rings (SSSR count). The van der Waals surface area contributed by atoms with Crippen molar-refractivity contribution < 1.29 is 9.84 Å². The van der Waals surface area contributed by atoms with E-state index in [1.165, 1.54) is 5.56 Å². The summed E-state index contributed by atoms with van der Waals surface area (Å²) in [6.07, 6.45) is 0.914. The molecule has 0 saturated heterocycles. The van der Waals surface area contributed by atoms with E-state index in [4.69, 9.17) is 9.72 Å². The molecule has 0 radical (unpaired) electrons. The number of fused-ring (bicyclic) bond motifs is 3. The molecule has 0 spiro atoms. The highest BCUT2D eigenvalue weighted by atomic mass is 16.5. The summed E-state index contributed by atoms with van der Waals surface area (Å²) in [5, 5.41) is 12.2. The average molecular weight is 288 g/mol. The van der Waals surface area contributed by atoms with E-state index in [1.807, 2.05) is 12.1 Å². The molecule has 0 aliphatic carbocycles. The highest BCUT2D eigenvalue weighted by molar-refractivity contribution is 6.10. The van der Waals surface area contributed by atoms with Crippen molar-refractivity contribution in [2.24, 2.45) is 0 Å². The largest absolute Gasteiger partial charge is 0.506 e. The van der Waals surface area contributed by atoms with Gasteiger partial charge in [0.2, 0.25) is 0 Å². The molecule has 4 heteroatoms. The SMILES string of the molecule is Oc1cccc2nc3c(cc4c5c(cccc53)CCO4)nc12. The minimum Gasteiger partial charge on any atom is -0.506 e. The number of hydrogen-bond donors (Lipinski definition) is 1. The highest BCUT2D eigenvalue weighted by Crippen LogP contribution is 2.38. The van der Waals surface area contributed by atoms with E-state index in [-0.39, 0.29) is 5.75 Å². The molecule has 0 bridgehead atoms. The van der Waals surface area contributed by atoms with Crippen molar-refractivity contribution in [3.8, 4) is 11.5 Å². The van der Waals surface area contributed by atoms with E-state index in [9.17, 15) is 5.11 Å². The third-order valence-corrected chi connectivity index (χ3v) is 4.25. The topological polar surface area (TPSA) is 55.2 Å². The maximum Gasteiger partial charge on any atom is 0.143 e. The number of phenolic OH excluding ortho intramolecular Hbond substituents is 1. The zero-order valence-corrected chi connectivity index (χ0v) is 11.7. The number of rotatable bonds is 0. The number of ether oxygens (including phenoxy) is 1. The smallest absolute Gasteiger partial charge is 0.143 e. The first-order valence-corrected chi connectivity index (χ1v) is 7.28. The average Bonchev–Trinajstić information content (AvgIpc) is 2.55. The van der Waals surface area contributed by atoms with E-state index in [0.29, 0.717) is 17.6 Å². The van der Waals surface area contributed by atoms with Crippen LogP contribution in [0.25, 0.3) is 32.8 Å². The lowest BCUT2D eigenvalue weighted by Gasteiger charge is -2.19. The van der Waals surface area contributed by atoms with Crippen molar-refractivity contribution >= 4 is 32.8 Å². The molecule has 1 aliphatic rings. The van der Waals surface area contributed by atoms with E-state index < -0.39 is 0 Å². The van der Waals surface area contributed by atoms with Gasteiger partial charge in [0.05, 0.1) is 23.2 Å². The van der Waals surface area contributed by atoms with E-state index >= 15 is 0 Å². The Morgan fingerprint density at radius 3 is 2.77 bits per heavy atom. The van der Waals surface area contributed by atoms with Crippen molar-refractivity contribution in [2.45, 2.75) is 6.42 Å². The molecule has 0 atom stereocenters. The standard InChI is InChI=1S/C18H12N2O2/c21-14-6-2-5-12-18(14)20-13-9-15-16-10(7-8-22-15)3-1-4-11(16)17(13)19-12/h1-6,9,21H,7-8H2. The van der Waals surface area contributed by atoms with Crippen molar-refractivity contribution in [1.29, 1.82) is 0 Å². The maximum absolute atomic E-state index is 9.99. The van der Waals surface area contributed by atoms with Crippen molar-refractivity contribution in [2.75, 3.05) is 6.61 Å². The number of para-hydroxylation sites is 1. The fourth-order valence-electron chi connectivity index (χ4n) is 3.25. The second-order valence-electron chi connectivity index (χ2n) is 5.55. The summed E-state index contributed by atoms with van der Waals surface area (Å²) in [6, 6.07) is 13.5. The highest BCUT2D eigenvalue weighted by Gasteiger charge is 2.17. The molecule has 2 heterocycles. The number of benzene rings is 3. The van der Waals surface area contributed by atoms with Gasteiger partial charge in [0.25, 0.3) is 0 Å². The molecule has 1 aliphatic heterocycles. The van der Waals surface area contributed by atoms with Crippen LogP contribution >= 0.6 is 0 Å². The van der Waals surface area contributed by atoms with Crippen LogP contribution in [0, 0.1) is 0 Å². The molecule has 0 amide bonds. The Bertz CT molecular complexity index is 1070. The van der Waals surface area contributed by atoms with Gasteiger partial charge in [-0.1, -0.05) is 24.3 Å². The van der Waals surface area contributed by atoms with Gasteiger partial charge >= 0.3 is 0 Å². The van der Waals surface area contributed by atoms with Gasteiger partial charge in [0, 0.05) is 23.3 Å². The molecule has 0 fully saturated rings. The molecule has 0 saturated carbocycles. The van der Waals surface area contributed by atoms with Gasteiger partial charge in [-0.05, 0) is 17.7 Å². The Balaban J connectivity index is 2.03. The van der Waals surface area contributed by atoms with Crippen LogP contribution in [0.4, 0.5) is 0 Å². The Hall–Kier alpha value is -2.88. The Kier molecular flexibility index (Phi) is 2.17. The van der Waals surface area contributed by atoms with Gasteiger partial charge in [-0.3, -0.25) is 0 Å². The number of aromatic hydroxyl groups is 1. The first kappa shape index (κ1) is 11.7. The monoisotopic (exact) mass is 288 g/mol. The lowest BCUT2D eigenvalue weighted by molar-refractivity contribution is 0.318. The first-order chi connectivity index (χ1) is 10.8. The lowest BCUT2D eigenvalue weighted by Crippen LogP contribution is -2.08. The van der Waals surface area contributed by atoms with Crippen LogP contribution in [-0.2, 0) is 6.42 Å². The van der Waals surface area contributed by atoms with Gasteiger partial charge < -0.3 is 9.84 Å². The van der Waals surface area contributed by atoms with Crippen LogP contribution in [0.1, 0.15) is 5.56 Å². The fraction of sp³-hybridized carbons (Fsp3) is 0.111. The summed E-state index contributed by atoms with van der Waals surface area (Å²) in [5.41, 5.74) is 4.11. The second kappa shape index (κ2) is 4.07. The predicted octanol–water partition coefficient (Wildman–Crippen LogP) is 3.58. The maximum atomic E-state index is 9.99. The van der Waals surface area contributed by atoms with Crippen LogP contribution < -0.4 is 4.74 Å². The molecular weight excluding hydrogens is 276 g/mol. The first-order valence-electron chi connectivity index (χ1n) is 7.28. The number of aromatic nitrogens is 2. The summed E-state index contributed by atoms with van der Waals surface area (Å²) in [6.45, 7) is 0.684. The number of hydrogen-bond acceptors (Lipinski definition) is 4. The molecule has 22 heavy (non-hydrogen) atoms. The van der Waals surface area contributed by atoms with E-state index in [0.717, 1.165) is 34.0 Å². The third kappa shape index (κ3) is 1.46. The fourth-order valence-corrected chi connectivity index (χ4v) is 3.25. The van der Waals surface area contributed by atoms with Gasteiger partial charge in [-0.15, -0.1) is 0 Å². The van der Waals surface area contributed by atoms with Crippen molar-refractivity contribution in [1.82, 2.24) is 9.97 Å². The van der Waals surface area contributed by atoms with Crippen LogP contribution in [0.2, 0.25) is 0 Å². The molecule has 3 aromatic carbocycles. The van der Waals surface area contributed by atoms with Crippen LogP contribution in [-0.4, -0.2) is 21.7 Å². The summed E-state index contributed by atoms with van der Waals surface area (Å²) < 4.78 is 5.82.